The molecule has 3 rings (SSSR count). The molecular formula is C16H18FN5O3. The minimum absolute atomic E-state index is 0.0920. The Hall–Kier alpha value is -3.10. The van der Waals surface area contributed by atoms with Gasteiger partial charge in [-0.3, -0.25) is 4.79 Å². The molecule has 9 heteroatoms. The fourth-order valence-electron chi connectivity index (χ4n) is 2.61. The van der Waals surface area contributed by atoms with E-state index in [-0.39, 0.29) is 11.2 Å². The van der Waals surface area contributed by atoms with Crippen LogP contribution >= 0.6 is 0 Å². The Bertz CT molecular complexity index is 817. The topological polar surface area (TPSA) is 90.6 Å². The lowest BCUT2D eigenvalue weighted by Gasteiger charge is -2.34. The van der Waals surface area contributed by atoms with Gasteiger partial charge in [-0.05, 0) is 12.1 Å². The maximum Gasteiger partial charge on any atom is 0.322 e. The molecule has 1 aromatic heterocycles. The zero-order valence-electron chi connectivity index (χ0n) is 13.7. The maximum atomic E-state index is 13.9. The van der Waals surface area contributed by atoms with Crippen LogP contribution in [0.15, 0.2) is 35.4 Å². The Morgan fingerprint density at radius 3 is 2.72 bits per heavy atom. The van der Waals surface area contributed by atoms with Crippen LogP contribution < -0.4 is 20.5 Å². The number of nitrogens with zero attached hydrogens (tertiary/aromatic N) is 3. The average molecular weight is 347 g/mol. The van der Waals surface area contributed by atoms with Crippen LogP contribution in [-0.2, 0) is 0 Å². The highest BCUT2D eigenvalue weighted by Crippen LogP contribution is 2.21. The molecule has 2 heterocycles. The van der Waals surface area contributed by atoms with Crippen LogP contribution in [0, 0.1) is 5.82 Å². The summed E-state index contributed by atoms with van der Waals surface area (Å²) in [6.07, 6.45) is 2.99. The normalized spacial score (nSPS) is 14.3. The van der Waals surface area contributed by atoms with Gasteiger partial charge in [0.05, 0.1) is 12.8 Å². The highest BCUT2D eigenvalue weighted by atomic mass is 19.1. The van der Waals surface area contributed by atoms with Gasteiger partial charge in [0, 0.05) is 44.6 Å². The summed E-state index contributed by atoms with van der Waals surface area (Å²) in [5, 5.41) is 2.55. The van der Waals surface area contributed by atoms with E-state index in [2.05, 4.69) is 15.3 Å². The summed E-state index contributed by atoms with van der Waals surface area (Å²) in [5.41, 5.74) is -0.171. The van der Waals surface area contributed by atoms with Crippen LogP contribution in [0.2, 0.25) is 0 Å². The van der Waals surface area contributed by atoms with E-state index in [1.54, 1.807) is 11.0 Å². The molecule has 1 aliphatic rings. The van der Waals surface area contributed by atoms with Crippen molar-refractivity contribution in [2.45, 2.75) is 0 Å². The molecule has 1 fully saturated rings. The Balaban J connectivity index is 1.60. The van der Waals surface area contributed by atoms with Crippen molar-refractivity contribution in [2.24, 2.45) is 0 Å². The molecule has 0 bridgehead atoms. The second kappa shape index (κ2) is 7.20. The Labute approximate surface area is 143 Å². The molecule has 0 atom stereocenters. The maximum absolute atomic E-state index is 13.9. The van der Waals surface area contributed by atoms with E-state index in [4.69, 9.17) is 4.74 Å². The molecule has 0 spiro atoms. The summed E-state index contributed by atoms with van der Waals surface area (Å²) in [5.74, 6) is 0.153. The number of ether oxygens (including phenoxy) is 1. The van der Waals surface area contributed by atoms with Gasteiger partial charge in [-0.25, -0.2) is 14.2 Å². The van der Waals surface area contributed by atoms with E-state index < -0.39 is 11.8 Å². The highest BCUT2D eigenvalue weighted by molar-refractivity contribution is 5.89. The number of rotatable bonds is 3. The molecule has 0 unspecified atom stereocenters. The Kier molecular flexibility index (Phi) is 4.82. The lowest BCUT2D eigenvalue weighted by Crippen LogP contribution is -2.51. The largest absolute Gasteiger partial charge is 0.497 e. The molecule has 25 heavy (non-hydrogen) atoms. The van der Waals surface area contributed by atoms with E-state index >= 15 is 0 Å². The molecule has 132 valence electrons. The first-order valence-corrected chi connectivity index (χ1v) is 7.76. The first-order valence-electron chi connectivity index (χ1n) is 7.76. The van der Waals surface area contributed by atoms with Gasteiger partial charge in [-0.1, -0.05) is 0 Å². The van der Waals surface area contributed by atoms with E-state index in [0.29, 0.717) is 37.7 Å². The minimum Gasteiger partial charge on any atom is -0.497 e. The molecule has 0 radical (unpaired) electrons. The number of aromatic amines is 1. The van der Waals surface area contributed by atoms with E-state index in [9.17, 15) is 14.0 Å². The van der Waals surface area contributed by atoms with Gasteiger partial charge in [0.2, 0.25) is 0 Å². The van der Waals surface area contributed by atoms with Crippen molar-refractivity contribution in [3.05, 3.63) is 46.8 Å². The van der Waals surface area contributed by atoms with Crippen molar-refractivity contribution in [3.8, 4) is 5.75 Å². The van der Waals surface area contributed by atoms with Crippen molar-refractivity contribution in [2.75, 3.05) is 43.5 Å². The van der Waals surface area contributed by atoms with Crippen LogP contribution in [0.3, 0.4) is 0 Å². The predicted molar refractivity (Wildman–Crippen MR) is 90.6 cm³/mol. The number of urea groups is 1. The number of hydrogen-bond acceptors (Lipinski definition) is 5. The van der Waals surface area contributed by atoms with Gasteiger partial charge in [0.1, 0.15) is 11.6 Å². The zero-order valence-corrected chi connectivity index (χ0v) is 13.7. The predicted octanol–water partition coefficient (Wildman–Crippen LogP) is 1.27. The molecule has 1 saturated heterocycles. The number of H-pyrrole nitrogens is 1. The molecular weight excluding hydrogens is 329 g/mol. The van der Waals surface area contributed by atoms with Crippen molar-refractivity contribution in [1.82, 2.24) is 14.9 Å². The number of anilines is 2. The monoisotopic (exact) mass is 347 g/mol. The molecule has 1 aliphatic heterocycles. The highest BCUT2D eigenvalue weighted by Gasteiger charge is 2.23. The van der Waals surface area contributed by atoms with Gasteiger partial charge < -0.3 is 24.8 Å². The molecule has 0 aliphatic carbocycles. The van der Waals surface area contributed by atoms with Crippen molar-refractivity contribution >= 4 is 17.5 Å². The zero-order chi connectivity index (χ0) is 17.8. The Morgan fingerprint density at radius 1 is 1.32 bits per heavy atom. The van der Waals surface area contributed by atoms with E-state index in [1.807, 2.05) is 4.90 Å². The summed E-state index contributed by atoms with van der Waals surface area (Å²) < 4.78 is 18.9. The molecule has 0 saturated carbocycles. The lowest BCUT2D eigenvalue weighted by molar-refractivity contribution is 0.208. The lowest BCUT2D eigenvalue weighted by atomic mass is 10.3. The summed E-state index contributed by atoms with van der Waals surface area (Å²) in [4.78, 5) is 34.1. The summed E-state index contributed by atoms with van der Waals surface area (Å²) in [6.45, 7) is 1.75. The Morgan fingerprint density at radius 2 is 2.08 bits per heavy atom. The van der Waals surface area contributed by atoms with Crippen LogP contribution in [0.5, 0.6) is 5.75 Å². The number of nitrogens with one attached hydrogen (secondary N) is 2. The SMILES string of the molecule is COc1ccc(NC(=O)N2CCN(c3ncc[nH]c3=O)CC2)c(F)c1. The number of benzene rings is 1. The van der Waals surface area contributed by atoms with Gasteiger partial charge >= 0.3 is 6.03 Å². The van der Waals surface area contributed by atoms with Crippen LogP contribution in [-0.4, -0.2) is 54.2 Å². The van der Waals surface area contributed by atoms with Gasteiger partial charge in [-0.15, -0.1) is 0 Å². The minimum atomic E-state index is -0.564. The third-order valence-corrected chi connectivity index (χ3v) is 3.97. The molecule has 1 aromatic carbocycles. The van der Waals surface area contributed by atoms with E-state index in [0.717, 1.165) is 0 Å². The molecule has 8 nitrogen and oxygen atoms in total. The van der Waals surface area contributed by atoms with Crippen LogP contribution in [0.1, 0.15) is 0 Å². The first kappa shape index (κ1) is 16.7. The third kappa shape index (κ3) is 3.70. The number of carbonyl (C=O) groups excluding carboxylic acids is 1. The first-order chi connectivity index (χ1) is 12.1. The summed E-state index contributed by atoms with van der Waals surface area (Å²) in [7, 11) is 1.44. The molecule has 2 N–H and O–H groups in total. The van der Waals surface area contributed by atoms with Crippen LogP contribution in [0.4, 0.5) is 20.7 Å². The molecule has 2 amide bonds. The number of aromatic nitrogens is 2. The number of piperazine rings is 1. The van der Waals surface area contributed by atoms with Crippen molar-refractivity contribution in [1.29, 1.82) is 0 Å². The molecule has 2 aromatic rings. The standard InChI is InChI=1S/C16H18FN5O3/c1-25-11-2-3-13(12(17)10-11)20-16(24)22-8-6-21(7-9-22)14-15(23)19-5-4-18-14/h2-5,10H,6-9H2,1H3,(H,19,23)(H,20,24). The van der Waals surface area contributed by atoms with Gasteiger partial charge in [-0.2, -0.15) is 0 Å². The number of amides is 2. The number of carbonyl (C=O) groups is 1. The fraction of sp³-hybridized carbons (Fsp3) is 0.312. The van der Waals surface area contributed by atoms with Crippen molar-refractivity contribution < 1.29 is 13.9 Å². The second-order valence-corrected chi connectivity index (χ2v) is 5.49. The average Bonchev–Trinajstić information content (AvgIpc) is 2.64. The third-order valence-electron chi connectivity index (χ3n) is 3.97. The van der Waals surface area contributed by atoms with E-state index in [1.165, 1.54) is 31.6 Å². The van der Waals surface area contributed by atoms with Gasteiger partial charge in [0.25, 0.3) is 5.56 Å². The second-order valence-electron chi connectivity index (χ2n) is 5.49. The summed E-state index contributed by atoms with van der Waals surface area (Å²) in [6, 6.07) is 3.85. The number of methoxy groups -OCH3 is 1. The summed E-state index contributed by atoms with van der Waals surface area (Å²) >= 11 is 0. The number of hydrogen-bond donors (Lipinski definition) is 2. The fourth-order valence-corrected chi connectivity index (χ4v) is 2.61. The van der Waals surface area contributed by atoms with Crippen molar-refractivity contribution in [3.63, 3.8) is 0 Å². The van der Waals surface area contributed by atoms with Crippen LogP contribution in [0.25, 0.3) is 0 Å². The van der Waals surface area contributed by atoms with Gasteiger partial charge in [0.15, 0.2) is 5.82 Å². The quantitative estimate of drug-likeness (QED) is 0.873. The number of halogens is 1. The smallest absolute Gasteiger partial charge is 0.322 e.